The Morgan fingerprint density at radius 3 is 2.49 bits per heavy atom. The molecule has 0 aromatic heterocycles. The highest BCUT2D eigenvalue weighted by Gasteiger charge is 2.40. The standard InChI is InChI=1S/C29H38N4O7S/c1-17(2)33-16-20-14-24(33)29(36)31-15-27-25(34)10-6-21(40-27)11-12-39-26-13-19(5-9-23(26)28(35)32-20)18-3-7-22(8-4-18)41(30,37)38/h3-5,7-9,13,17,20-21,24-25,27,34H,6,10-12,14-16H2,1-2H3,(H,31,36)(H,32,35)(H2,30,37,38)/t20-,21-,24-,25-,27+/m0/s1. The number of ether oxygens (including phenoxy) is 2. The molecular formula is C29H38N4O7S. The van der Waals surface area contributed by atoms with Crippen LogP contribution < -0.4 is 20.5 Å². The highest BCUT2D eigenvalue weighted by molar-refractivity contribution is 7.89. The van der Waals surface area contributed by atoms with Crippen molar-refractivity contribution in [3.63, 3.8) is 0 Å². The molecule has 0 aliphatic carbocycles. The Hall–Kier alpha value is -3.03. The number of carbonyl (C=O) groups excluding carboxylic acids is 2. The van der Waals surface area contributed by atoms with E-state index < -0.39 is 28.3 Å². The lowest BCUT2D eigenvalue weighted by atomic mass is 9.99. The Kier molecular flexibility index (Phi) is 8.67. The van der Waals surface area contributed by atoms with Crippen molar-refractivity contribution in [2.45, 2.75) is 80.9 Å². The summed E-state index contributed by atoms with van der Waals surface area (Å²) in [4.78, 5) is 28.8. The molecule has 0 radical (unpaired) electrons. The van der Waals surface area contributed by atoms with Gasteiger partial charge in [-0.2, -0.15) is 0 Å². The van der Waals surface area contributed by atoms with E-state index in [9.17, 15) is 23.1 Å². The third-order valence-corrected chi connectivity index (χ3v) is 9.07. The quantitative estimate of drug-likeness (QED) is 0.420. The van der Waals surface area contributed by atoms with E-state index in [1.807, 2.05) is 13.8 Å². The van der Waals surface area contributed by atoms with Crippen LogP contribution >= 0.6 is 0 Å². The first kappa shape index (κ1) is 29.5. The number of sulfonamides is 1. The molecule has 4 bridgehead atoms. The van der Waals surface area contributed by atoms with Crippen molar-refractivity contribution < 1.29 is 32.6 Å². The molecule has 2 fully saturated rings. The van der Waals surface area contributed by atoms with Crippen LogP contribution in [0.15, 0.2) is 47.4 Å². The largest absolute Gasteiger partial charge is 0.493 e. The van der Waals surface area contributed by atoms with Gasteiger partial charge in [0.2, 0.25) is 15.9 Å². The van der Waals surface area contributed by atoms with Crippen LogP contribution in [-0.2, 0) is 19.6 Å². The Labute approximate surface area is 240 Å². The molecule has 222 valence electrons. The number of aliphatic hydroxyl groups excluding tert-OH is 1. The van der Waals surface area contributed by atoms with Crippen molar-refractivity contribution in [1.29, 1.82) is 0 Å². The maximum absolute atomic E-state index is 13.5. The van der Waals surface area contributed by atoms with Crippen LogP contribution in [-0.4, -0.2) is 86.4 Å². The Morgan fingerprint density at radius 2 is 1.78 bits per heavy atom. The number of rotatable bonds is 3. The lowest BCUT2D eigenvalue weighted by molar-refractivity contribution is -0.134. The zero-order valence-electron chi connectivity index (χ0n) is 23.3. The number of nitrogens with zero attached hydrogens (tertiary/aromatic N) is 1. The summed E-state index contributed by atoms with van der Waals surface area (Å²) < 4.78 is 35.7. The van der Waals surface area contributed by atoms with Crippen molar-refractivity contribution in [2.24, 2.45) is 5.14 Å². The van der Waals surface area contributed by atoms with Crippen LogP contribution in [0.5, 0.6) is 5.75 Å². The fraction of sp³-hybridized carbons (Fsp3) is 0.517. The van der Waals surface area contributed by atoms with Gasteiger partial charge >= 0.3 is 0 Å². The third kappa shape index (κ3) is 6.73. The van der Waals surface area contributed by atoms with Crippen molar-refractivity contribution in [3.05, 3.63) is 48.0 Å². The average Bonchev–Trinajstić information content (AvgIpc) is 3.36. The molecule has 3 aliphatic rings. The monoisotopic (exact) mass is 586 g/mol. The van der Waals surface area contributed by atoms with E-state index in [-0.39, 0.29) is 48.0 Å². The molecule has 5 atom stereocenters. The maximum atomic E-state index is 13.5. The third-order valence-electron chi connectivity index (χ3n) is 8.14. The van der Waals surface area contributed by atoms with Crippen LogP contribution in [0.25, 0.3) is 11.1 Å². The summed E-state index contributed by atoms with van der Waals surface area (Å²) in [7, 11) is -3.82. The van der Waals surface area contributed by atoms with E-state index in [4.69, 9.17) is 14.6 Å². The molecule has 41 heavy (non-hydrogen) atoms. The molecule has 2 saturated heterocycles. The van der Waals surface area contributed by atoms with Gasteiger partial charge in [0, 0.05) is 31.6 Å². The topological polar surface area (TPSA) is 160 Å². The fourth-order valence-corrected chi connectivity index (χ4v) is 6.38. The minimum atomic E-state index is -3.82. The minimum absolute atomic E-state index is 0.0109. The number of hydrogen-bond donors (Lipinski definition) is 4. The van der Waals surface area contributed by atoms with E-state index in [2.05, 4.69) is 15.5 Å². The highest BCUT2D eigenvalue weighted by Crippen LogP contribution is 2.30. The number of fused-ring (bicyclic) bond motifs is 5. The lowest BCUT2D eigenvalue weighted by Gasteiger charge is -2.35. The van der Waals surface area contributed by atoms with Gasteiger partial charge in [-0.3, -0.25) is 14.5 Å². The smallest absolute Gasteiger partial charge is 0.255 e. The molecule has 3 aliphatic heterocycles. The molecule has 2 aromatic rings. The first-order valence-electron chi connectivity index (χ1n) is 14.1. The second-order valence-electron chi connectivity index (χ2n) is 11.3. The maximum Gasteiger partial charge on any atom is 0.255 e. The van der Waals surface area contributed by atoms with Crippen molar-refractivity contribution in [1.82, 2.24) is 15.5 Å². The normalized spacial score (nSPS) is 28.0. The van der Waals surface area contributed by atoms with Gasteiger partial charge in [-0.15, -0.1) is 0 Å². The van der Waals surface area contributed by atoms with E-state index >= 15 is 0 Å². The summed E-state index contributed by atoms with van der Waals surface area (Å²) in [5.41, 5.74) is 1.84. The Bertz CT molecular complexity index is 1380. The molecule has 0 unspecified atom stereocenters. The molecular weight excluding hydrogens is 548 g/mol. The summed E-state index contributed by atoms with van der Waals surface area (Å²) in [5.74, 6) is -0.0413. The van der Waals surface area contributed by atoms with Crippen molar-refractivity contribution in [2.75, 3.05) is 19.7 Å². The number of carbonyl (C=O) groups is 2. The molecule has 2 amide bonds. The van der Waals surface area contributed by atoms with Crippen LogP contribution in [0.1, 0.15) is 49.9 Å². The van der Waals surface area contributed by atoms with Gasteiger partial charge in [-0.1, -0.05) is 18.2 Å². The lowest BCUT2D eigenvalue weighted by Crippen LogP contribution is -2.51. The number of aliphatic hydroxyl groups is 1. The zero-order chi connectivity index (χ0) is 29.3. The van der Waals surface area contributed by atoms with Gasteiger partial charge < -0.3 is 25.2 Å². The summed E-state index contributed by atoms with van der Waals surface area (Å²) in [6.07, 6.45) is 0.884. The molecule has 11 nitrogen and oxygen atoms in total. The number of nitrogens with two attached hydrogens (primary N) is 1. The number of hydrogen-bond acceptors (Lipinski definition) is 8. The van der Waals surface area contributed by atoms with Gasteiger partial charge in [0.25, 0.3) is 5.91 Å². The summed E-state index contributed by atoms with van der Waals surface area (Å²) >= 11 is 0. The number of benzene rings is 2. The zero-order valence-corrected chi connectivity index (χ0v) is 24.1. The molecule has 0 saturated carbocycles. The van der Waals surface area contributed by atoms with Gasteiger partial charge in [0.15, 0.2) is 0 Å². The predicted octanol–water partition coefficient (Wildman–Crippen LogP) is 1.39. The first-order valence-corrected chi connectivity index (χ1v) is 15.6. The van der Waals surface area contributed by atoms with E-state index in [1.54, 1.807) is 30.3 Å². The van der Waals surface area contributed by atoms with E-state index in [1.165, 1.54) is 12.1 Å². The van der Waals surface area contributed by atoms with E-state index in [0.717, 1.165) is 11.1 Å². The minimum Gasteiger partial charge on any atom is -0.493 e. The van der Waals surface area contributed by atoms with Gasteiger partial charge in [0.1, 0.15) is 11.9 Å². The van der Waals surface area contributed by atoms with Crippen LogP contribution in [0.4, 0.5) is 0 Å². The van der Waals surface area contributed by atoms with Gasteiger partial charge in [-0.05, 0) is 68.5 Å². The number of nitrogens with one attached hydrogen (secondary N) is 2. The molecule has 5 N–H and O–H groups in total. The Morgan fingerprint density at radius 1 is 1.05 bits per heavy atom. The SMILES string of the molecule is CC(C)N1C[C@@H]2C[C@H]1C(=O)NC[C@H]1O[C@H](CCOc3cc(-c4ccc(S(N)(=O)=O)cc4)ccc3C(=O)N2)CC[C@@H]1O. The Balaban J connectivity index is 1.45. The molecule has 0 spiro atoms. The average molecular weight is 587 g/mol. The number of amides is 2. The fourth-order valence-electron chi connectivity index (χ4n) is 5.87. The number of primary sulfonamides is 1. The van der Waals surface area contributed by atoms with Gasteiger partial charge in [-0.25, -0.2) is 13.6 Å². The highest BCUT2D eigenvalue weighted by atomic mass is 32.2. The summed E-state index contributed by atoms with van der Waals surface area (Å²) in [5, 5.41) is 21.8. The summed E-state index contributed by atoms with van der Waals surface area (Å²) in [6, 6.07) is 10.9. The van der Waals surface area contributed by atoms with Crippen LogP contribution in [0.3, 0.4) is 0 Å². The second kappa shape index (κ2) is 12.1. The molecule has 3 heterocycles. The van der Waals surface area contributed by atoms with Crippen molar-refractivity contribution >= 4 is 21.8 Å². The van der Waals surface area contributed by atoms with Gasteiger partial charge in [0.05, 0.1) is 35.3 Å². The molecule has 5 rings (SSSR count). The number of likely N-dealkylation sites (tertiary alicyclic amines) is 1. The van der Waals surface area contributed by atoms with Crippen molar-refractivity contribution in [3.8, 4) is 16.9 Å². The van der Waals surface area contributed by atoms with E-state index in [0.29, 0.717) is 43.5 Å². The van der Waals surface area contributed by atoms with Crippen LogP contribution in [0, 0.1) is 0 Å². The second-order valence-corrected chi connectivity index (χ2v) is 12.9. The predicted molar refractivity (Wildman–Crippen MR) is 152 cm³/mol. The molecule has 12 heteroatoms. The first-order chi connectivity index (χ1) is 19.5. The van der Waals surface area contributed by atoms with Crippen LogP contribution in [0.2, 0.25) is 0 Å². The molecule has 2 aromatic carbocycles. The summed E-state index contributed by atoms with van der Waals surface area (Å²) in [6.45, 7) is 5.06.